The summed E-state index contributed by atoms with van der Waals surface area (Å²) in [5.41, 5.74) is 0.365. The van der Waals surface area contributed by atoms with Gasteiger partial charge in [0.2, 0.25) is 0 Å². The molecule has 76 valence electrons. The van der Waals surface area contributed by atoms with Gasteiger partial charge in [0.1, 0.15) is 23.5 Å². The number of hydrogen-bond acceptors (Lipinski definition) is 4. The first-order valence-corrected chi connectivity index (χ1v) is 4.32. The summed E-state index contributed by atoms with van der Waals surface area (Å²) in [6, 6.07) is 2.33. The zero-order chi connectivity index (χ0) is 10.6. The van der Waals surface area contributed by atoms with Gasteiger partial charge in [-0.25, -0.2) is 0 Å². The zero-order valence-electron chi connectivity index (χ0n) is 7.60. The van der Waals surface area contributed by atoms with Crippen LogP contribution in [0.2, 0.25) is 0 Å². The summed E-state index contributed by atoms with van der Waals surface area (Å²) >= 11 is 0. The van der Waals surface area contributed by atoms with Gasteiger partial charge in [-0.1, -0.05) is 0 Å². The molecule has 0 unspecified atom stereocenters. The van der Waals surface area contributed by atoms with Crippen molar-refractivity contribution < 1.29 is 20.1 Å². The van der Waals surface area contributed by atoms with E-state index in [9.17, 15) is 15.0 Å². The summed E-state index contributed by atoms with van der Waals surface area (Å²) in [6.07, 6.45) is 2.15. The highest BCUT2D eigenvalue weighted by molar-refractivity contribution is 5.51. The lowest BCUT2D eigenvalue weighted by molar-refractivity contribution is -0.107. The Morgan fingerprint density at radius 2 is 1.71 bits per heavy atom. The predicted molar refractivity (Wildman–Crippen MR) is 50.4 cm³/mol. The van der Waals surface area contributed by atoms with Crippen LogP contribution in [0.15, 0.2) is 12.1 Å². The second kappa shape index (κ2) is 4.50. The minimum atomic E-state index is -0.181. The van der Waals surface area contributed by atoms with Crippen molar-refractivity contribution in [3.8, 4) is 17.2 Å². The van der Waals surface area contributed by atoms with Gasteiger partial charge >= 0.3 is 0 Å². The molecule has 0 bridgehead atoms. The zero-order valence-corrected chi connectivity index (χ0v) is 7.60. The lowest BCUT2D eigenvalue weighted by Gasteiger charge is -2.06. The summed E-state index contributed by atoms with van der Waals surface area (Å²) in [5, 5.41) is 27.7. The number of rotatable bonds is 4. The van der Waals surface area contributed by atoms with Crippen LogP contribution in [0.3, 0.4) is 0 Å². The number of carbonyl (C=O) groups is 1. The number of phenols is 3. The molecule has 0 saturated carbocycles. The van der Waals surface area contributed by atoms with E-state index in [1.54, 1.807) is 0 Å². The van der Waals surface area contributed by atoms with E-state index in [2.05, 4.69) is 0 Å². The fraction of sp³-hybridized carbons (Fsp3) is 0.300. The second-order valence-electron chi connectivity index (χ2n) is 3.02. The molecule has 4 heteroatoms. The van der Waals surface area contributed by atoms with Crippen LogP contribution in [0.25, 0.3) is 0 Å². The van der Waals surface area contributed by atoms with Crippen molar-refractivity contribution in [3.63, 3.8) is 0 Å². The molecule has 14 heavy (non-hydrogen) atoms. The first-order chi connectivity index (χ1) is 6.65. The van der Waals surface area contributed by atoms with Crippen molar-refractivity contribution in [1.82, 2.24) is 0 Å². The highest BCUT2D eigenvalue weighted by atomic mass is 16.3. The van der Waals surface area contributed by atoms with Crippen LogP contribution < -0.4 is 0 Å². The Morgan fingerprint density at radius 3 is 2.21 bits per heavy atom. The van der Waals surface area contributed by atoms with E-state index < -0.39 is 0 Å². The number of benzene rings is 1. The van der Waals surface area contributed by atoms with E-state index in [1.807, 2.05) is 0 Å². The number of carbonyl (C=O) groups excluding carboxylic acids is 1. The van der Waals surface area contributed by atoms with E-state index in [1.165, 1.54) is 0 Å². The highest BCUT2D eigenvalue weighted by Crippen LogP contribution is 2.32. The first-order valence-electron chi connectivity index (χ1n) is 4.32. The van der Waals surface area contributed by atoms with E-state index in [0.29, 0.717) is 24.8 Å². The lowest BCUT2D eigenvalue weighted by atomic mass is 10.1. The highest BCUT2D eigenvalue weighted by Gasteiger charge is 2.08. The van der Waals surface area contributed by atoms with Crippen molar-refractivity contribution in [1.29, 1.82) is 0 Å². The standard InChI is InChI=1S/C10H12O4/c11-4-2-1-3-8-9(13)5-7(12)6-10(8)14/h4-6,12-14H,1-3H2. The number of hydrogen-bond donors (Lipinski definition) is 3. The molecular weight excluding hydrogens is 184 g/mol. The van der Waals surface area contributed by atoms with Crippen LogP contribution in [-0.4, -0.2) is 21.6 Å². The molecular formula is C10H12O4. The maximum atomic E-state index is 10.1. The van der Waals surface area contributed by atoms with Crippen LogP contribution in [0.1, 0.15) is 18.4 Å². The molecule has 0 aliphatic heterocycles. The maximum Gasteiger partial charge on any atom is 0.126 e. The largest absolute Gasteiger partial charge is 0.508 e. The lowest BCUT2D eigenvalue weighted by Crippen LogP contribution is -1.88. The Morgan fingerprint density at radius 1 is 1.14 bits per heavy atom. The third kappa shape index (κ3) is 2.39. The molecule has 0 radical (unpaired) electrons. The number of aromatic hydroxyl groups is 3. The van der Waals surface area contributed by atoms with Crippen molar-refractivity contribution in [2.45, 2.75) is 19.3 Å². The Hall–Kier alpha value is -1.71. The van der Waals surface area contributed by atoms with E-state index >= 15 is 0 Å². The number of unbranched alkanes of at least 4 members (excludes halogenated alkanes) is 1. The molecule has 1 rings (SSSR count). The van der Waals surface area contributed by atoms with Crippen LogP contribution in [0.5, 0.6) is 17.2 Å². The van der Waals surface area contributed by atoms with Gasteiger partial charge < -0.3 is 20.1 Å². The SMILES string of the molecule is O=CCCCc1c(O)cc(O)cc1O. The average molecular weight is 196 g/mol. The number of phenolic OH excluding ortho intramolecular Hbond substituents is 3. The Balaban J connectivity index is 2.80. The number of aldehydes is 1. The van der Waals surface area contributed by atoms with Crippen molar-refractivity contribution in [3.05, 3.63) is 17.7 Å². The summed E-state index contributed by atoms with van der Waals surface area (Å²) in [6.45, 7) is 0. The van der Waals surface area contributed by atoms with E-state index in [0.717, 1.165) is 18.4 Å². The molecule has 0 atom stereocenters. The summed E-state index contributed by atoms with van der Waals surface area (Å²) in [4.78, 5) is 10.1. The minimum Gasteiger partial charge on any atom is -0.508 e. The molecule has 0 aliphatic carbocycles. The Labute approximate surface area is 81.4 Å². The molecule has 0 spiro atoms. The normalized spacial score (nSPS) is 10.0. The van der Waals surface area contributed by atoms with Crippen LogP contribution in [-0.2, 0) is 11.2 Å². The smallest absolute Gasteiger partial charge is 0.126 e. The van der Waals surface area contributed by atoms with Crippen LogP contribution in [0, 0.1) is 0 Å². The van der Waals surface area contributed by atoms with E-state index in [-0.39, 0.29) is 17.2 Å². The average Bonchev–Trinajstić information content (AvgIpc) is 2.09. The van der Waals surface area contributed by atoms with Gasteiger partial charge in [0, 0.05) is 24.1 Å². The predicted octanol–water partition coefficient (Wildman–Crippen LogP) is 1.32. The van der Waals surface area contributed by atoms with Crippen molar-refractivity contribution in [2.24, 2.45) is 0 Å². The fourth-order valence-electron chi connectivity index (χ4n) is 1.25. The van der Waals surface area contributed by atoms with E-state index in [4.69, 9.17) is 5.11 Å². The van der Waals surface area contributed by atoms with Crippen LogP contribution in [0.4, 0.5) is 0 Å². The molecule has 3 N–H and O–H groups in total. The Bertz CT molecular complexity index is 310. The molecule has 0 fully saturated rings. The third-order valence-corrected chi connectivity index (χ3v) is 1.94. The molecule has 0 amide bonds. The molecule has 1 aromatic rings. The van der Waals surface area contributed by atoms with Gasteiger partial charge in [0.25, 0.3) is 0 Å². The van der Waals surface area contributed by atoms with Gasteiger partial charge in [0.05, 0.1) is 0 Å². The molecule has 1 aromatic carbocycles. The van der Waals surface area contributed by atoms with Crippen molar-refractivity contribution >= 4 is 6.29 Å². The van der Waals surface area contributed by atoms with Crippen molar-refractivity contribution in [2.75, 3.05) is 0 Å². The fourth-order valence-corrected chi connectivity index (χ4v) is 1.25. The maximum absolute atomic E-state index is 10.1. The molecule has 0 saturated heterocycles. The third-order valence-electron chi connectivity index (χ3n) is 1.94. The molecule has 0 aromatic heterocycles. The molecule has 0 aliphatic rings. The van der Waals surface area contributed by atoms with Gasteiger partial charge in [-0.2, -0.15) is 0 Å². The monoisotopic (exact) mass is 196 g/mol. The first kappa shape index (κ1) is 10.4. The van der Waals surface area contributed by atoms with Gasteiger partial charge in [0.15, 0.2) is 0 Å². The second-order valence-corrected chi connectivity index (χ2v) is 3.02. The quantitative estimate of drug-likeness (QED) is 0.501. The van der Waals surface area contributed by atoms with Crippen LogP contribution >= 0.6 is 0 Å². The molecule has 0 heterocycles. The Kier molecular flexibility index (Phi) is 3.34. The molecule has 4 nitrogen and oxygen atoms in total. The summed E-state index contributed by atoms with van der Waals surface area (Å²) in [7, 11) is 0. The topological polar surface area (TPSA) is 77.8 Å². The van der Waals surface area contributed by atoms with Gasteiger partial charge in [-0.15, -0.1) is 0 Å². The summed E-state index contributed by atoms with van der Waals surface area (Å²) < 4.78 is 0. The minimum absolute atomic E-state index is 0.145. The summed E-state index contributed by atoms with van der Waals surface area (Å²) in [5.74, 6) is -0.471. The van der Waals surface area contributed by atoms with Gasteiger partial charge in [-0.05, 0) is 12.8 Å². The van der Waals surface area contributed by atoms with Gasteiger partial charge in [-0.3, -0.25) is 0 Å².